The first kappa shape index (κ1) is 15.1. The van der Waals surface area contributed by atoms with E-state index in [1.165, 1.54) is 4.31 Å². The van der Waals surface area contributed by atoms with Gasteiger partial charge in [0, 0.05) is 18.5 Å². The molecule has 0 unspecified atom stereocenters. The van der Waals surface area contributed by atoms with Crippen molar-refractivity contribution in [1.29, 1.82) is 0 Å². The van der Waals surface area contributed by atoms with Gasteiger partial charge >= 0.3 is 6.03 Å². The SMILES string of the molecule is O=C1CNC(=O)N1C1CN(S(=O)(=O)c2cccc3ccccc23)C1. The summed E-state index contributed by atoms with van der Waals surface area (Å²) in [5, 5.41) is 3.96. The molecule has 7 nitrogen and oxygen atoms in total. The lowest BCUT2D eigenvalue weighted by atomic mass is 10.1. The Hall–Kier alpha value is -2.45. The Kier molecular flexibility index (Phi) is 3.33. The van der Waals surface area contributed by atoms with E-state index in [2.05, 4.69) is 5.32 Å². The van der Waals surface area contributed by atoms with E-state index in [-0.39, 0.29) is 30.4 Å². The maximum absolute atomic E-state index is 12.9. The predicted molar refractivity (Wildman–Crippen MR) is 86.7 cm³/mol. The minimum atomic E-state index is -3.66. The van der Waals surface area contributed by atoms with Gasteiger partial charge in [-0.2, -0.15) is 4.31 Å². The van der Waals surface area contributed by atoms with Gasteiger partial charge in [0.1, 0.15) is 0 Å². The Morgan fingerprint density at radius 3 is 2.42 bits per heavy atom. The van der Waals surface area contributed by atoms with E-state index in [0.717, 1.165) is 10.3 Å². The molecule has 0 atom stereocenters. The maximum atomic E-state index is 12.9. The Morgan fingerprint density at radius 1 is 1.00 bits per heavy atom. The fourth-order valence-electron chi connectivity index (χ4n) is 3.14. The van der Waals surface area contributed by atoms with Crippen molar-refractivity contribution in [2.45, 2.75) is 10.9 Å². The molecule has 0 bridgehead atoms. The van der Waals surface area contributed by atoms with Crippen molar-refractivity contribution in [3.8, 4) is 0 Å². The molecule has 2 aromatic rings. The van der Waals surface area contributed by atoms with Gasteiger partial charge in [0.15, 0.2) is 0 Å². The predicted octanol–water partition coefficient (Wildman–Crippen LogP) is 0.765. The Balaban J connectivity index is 1.61. The Morgan fingerprint density at radius 2 is 1.71 bits per heavy atom. The molecule has 2 aliphatic rings. The molecule has 4 rings (SSSR count). The number of urea groups is 1. The molecule has 8 heteroatoms. The number of nitrogens with zero attached hydrogens (tertiary/aromatic N) is 2. The van der Waals surface area contributed by atoms with Gasteiger partial charge in [-0.25, -0.2) is 13.2 Å². The van der Waals surface area contributed by atoms with Crippen LogP contribution in [0.1, 0.15) is 0 Å². The lowest BCUT2D eigenvalue weighted by Gasteiger charge is -2.41. The third kappa shape index (κ3) is 2.18. The summed E-state index contributed by atoms with van der Waals surface area (Å²) in [4.78, 5) is 24.7. The number of sulfonamides is 1. The van der Waals surface area contributed by atoms with Crippen molar-refractivity contribution in [1.82, 2.24) is 14.5 Å². The average molecular weight is 345 g/mol. The van der Waals surface area contributed by atoms with Gasteiger partial charge in [-0.3, -0.25) is 9.69 Å². The summed E-state index contributed by atoms with van der Waals surface area (Å²) in [5.74, 6) is -0.313. The van der Waals surface area contributed by atoms with E-state index < -0.39 is 22.1 Å². The topological polar surface area (TPSA) is 86.8 Å². The molecule has 0 spiro atoms. The lowest BCUT2D eigenvalue weighted by Crippen LogP contribution is -2.62. The van der Waals surface area contributed by atoms with Gasteiger partial charge < -0.3 is 5.32 Å². The second kappa shape index (κ2) is 5.29. The van der Waals surface area contributed by atoms with Crippen LogP contribution in [0.5, 0.6) is 0 Å². The highest BCUT2D eigenvalue weighted by Gasteiger charge is 2.45. The molecule has 1 N–H and O–H groups in total. The number of imide groups is 1. The average Bonchev–Trinajstić information content (AvgIpc) is 2.85. The third-order valence-electron chi connectivity index (χ3n) is 4.44. The first-order valence-electron chi connectivity index (χ1n) is 7.56. The van der Waals surface area contributed by atoms with Gasteiger partial charge in [-0.05, 0) is 11.5 Å². The van der Waals surface area contributed by atoms with Gasteiger partial charge in [0.05, 0.1) is 17.5 Å². The van der Waals surface area contributed by atoms with Crippen LogP contribution in [0, 0.1) is 0 Å². The number of fused-ring (bicyclic) bond motifs is 1. The number of hydrogen-bond acceptors (Lipinski definition) is 4. The Bertz CT molecular complexity index is 929. The zero-order chi connectivity index (χ0) is 16.9. The highest BCUT2D eigenvalue weighted by Crippen LogP contribution is 2.30. The number of carbonyl (C=O) groups excluding carboxylic acids is 2. The van der Waals surface area contributed by atoms with Crippen molar-refractivity contribution in [2.75, 3.05) is 19.6 Å². The fourth-order valence-corrected chi connectivity index (χ4v) is 4.87. The summed E-state index contributed by atoms with van der Waals surface area (Å²) >= 11 is 0. The highest BCUT2D eigenvalue weighted by atomic mass is 32.2. The zero-order valence-corrected chi connectivity index (χ0v) is 13.5. The molecule has 24 heavy (non-hydrogen) atoms. The molecule has 2 aliphatic heterocycles. The van der Waals surface area contributed by atoms with Gasteiger partial charge in [-0.1, -0.05) is 36.4 Å². The van der Waals surface area contributed by atoms with Crippen molar-refractivity contribution < 1.29 is 18.0 Å². The molecule has 124 valence electrons. The van der Waals surface area contributed by atoms with Crippen LogP contribution in [0.15, 0.2) is 47.4 Å². The molecule has 2 aromatic carbocycles. The number of benzene rings is 2. The van der Waals surface area contributed by atoms with E-state index in [1.807, 2.05) is 18.2 Å². The molecule has 2 heterocycles. The van der Waals surface area contributed by atoms with Crippen molar-refractivity contribution >= 4 is 32.7 Å². The van der Waals surface area contributed by atoms with Gasteiger partial charge in [0.25, 0.3) is 0 Å². The summed E-state index contributed by atoms with van der Waals surface area (Å²) < 4.78 is 27.1. The monoisotopic (exact) mass is 345 g/mol. The number of hydrogen-bond donors (Lipinski definition) is 1. The van der Waals surface area contributed by atoms with Crippen molar-refractivity contribution in [2.24, 2.45) is 0 Å². The first-order valence-corrected chi connectivity index (χ1v) is 9.00. The van der Waals surface area contributed by atoms with Crippen molar-refractivity contribution in [3.05, 3.63) is 42.5 Å². The van der Waals surface area contributed by atoms with Gasteiger partial charge in [0.2, 0.25) is 15.9 Å². The van der Waals surface area contributed by atoms with Crippen LogP contribution in [-0.2, 0) is 14.8 Å². The van der Waals surface area contributed by atoms with Crippen molar-refractivity contribution in [3.63, 3.8) is 0 Å². The normalized spacial score (nSPS) is 19.6. The molecule has 2 saturated heterocycles. The molecule has 0 aromatic heterocycles. The molecular formula is C16H15N3O4S. The molecule has 3 amide bonds. The van der Waals surface area contributed by atoms with E-state index in [4.69, 9.17) is 0 Å². The smallest absolute Gasteiger partial charge is 0.324 e. The summed E-state index contributed by atoms with van der Waals surface area (Å²) in [5.41, 5.74) is 0. The zero-order valence-electron chi connectivity index (χ0n) is 12.7. The first-order chi connectivity index (χ1) is 11.5. The summed E-state index contributed by atoms with van der Waals surface area (Å²) in [6.45, 7) is 0.237. The molecule has 2 fully saturated rings. The second-order valence-corrected chi connectivity index (χ2v) is 7.78. The van der Waals surface area contributed by atoms with Crippen LogP contribution < -0.4 is 5.32 Å². The van der Waals surface area contributed by atoms with E-state index in [0.29, 0.717) is 5.39 Å². The minimum absolute atomic E-state index is 0.0224. The number of nitrogens with one attached hydrogen (secondary N) is 1. The molecule has 0 aliphatic carbocycles. The number of carbonyl (C=O) groups is 2. The van der Waals surface area contributed by atoms with Crippen LogP contribution >= 0.6 is 0 Å². The third-order valence-corrected chi connectivity index (χ3v) is 6.33. The second-order valence-electron chi connectivity index (χ2n) is 5.88. The Labute approximate surface area is 138 Å². The summed E-state index contributed by atoms with van der Waals surface area (Å²) in [7, 11) is -3.66. The van der Waals surface area contributed by atoms with E-state index in [1.54, 1.807) is 24.3 Å². The summed E-state index contributed by atoms with van der Waals surface area (Å²) in [6, 6.07) is 11.6. The fraction of sp³-hybridized carbons (Fsp3) is 0.250. The quantitative estimate of drug-likeness (QED) is 0.832. The van der Waals surface area contributed by atoms with Crippen LogP contribution in [0.25, 0.3) is 10.8 Å². The standard InChI is InChI=1S/C16H15N3O4S/c20-15-8-17-16(21)19(15)12-9-18(10-12)24(22,23)14-7-3-5-11-4-1-2-6-13(11)14/h1-7,12H,8-10H2,(H,17,21). The molecule has 0 saturated carbocycles. The molecule has 0 radical (unpaired) electrons. The number of rotatable bonds is 3. The highest BCUT2D eigenvalue weighted by molar-refractivity contribution is 7.89. The van der Waals surface area contributed by atoms with Crippen LogP contribution in [-0.4, -0.2) is 55.2 Å². The van der Waals surface area contributed by atoms with Crippen LogP contribution in [0.4, 0.5) is 4.79 Å². The lowest BCUT2D eigenvalue weighted by molar-refractivity contribution is -0.128. The summed E-state index contributed by atoms with van der Waals surface area (Å²) in [6.07, 6.45) is 0. The van der Waals surface area contributed by atoms with E-state index >= 15 is 0 Å². The number of amides is 3. The van der Waals surface area contributed by atoms with E-state index in [9.17, 15) is 18.0 Å². The maximum Gasteiger partial charge on any atom is 0.324 e. The van der Waals surface area contributed by atoms with Crippen LogP contribution in [0.3, 0.4) is 0 Å². The molecular weight excluding hydrogens is 330 g/mol. The largest absolute Gasteiger partial charge is 0.329 e. The minimum Gasteiger partial charge on any atom is -0.329 e. The van der Waals surface area contributed by atoms with Gasteiger partial charge in [-0.15, -0.1) is 0 Å². The van der Waals surface area contributed by atoms with Crippen LogP contribution in [0.2, 0.25) is 0 Å².